The topological polar surface area (TPSA) is 48.5 Å². The van der Waals surface area contributed by atoms with Gasteiger partial charge in [0.05, 0.1) is 5.02 Å². The Hall–Kier alpha value is -2.27. The molecular weight excluding hydrogens is 427 g/mol. The molecule has 0 unspecified atom stereocenters. The molecule has 154 valence electrons. The van der Waals surface area contributed by atoms with Crippen LogP contribution in [0.5, 0.6) is 0 Å². The molecule has 28 heavy (non-hydrogen) atoms. The fourth-order valence-electron chi connectivity index (χ4n) is 2.73. The first-order valence-corrected chi connectivity index (χ1v) is 10.4. The number of aromatic nitrogens is 1. The summed E-state index contributed by atoms with van der Waals surface area (Å²) in [5.74, 6) is 0.607. The van der Waals surface area contributed by atoms with Gasteiger partial charge in [-0.25, -0.2) is 9.78 Å². The van der Waals surface area contributed by atoms with E-state index in [9.17, 15) is 24.2 Å². The number of halogens is 6. The van der Waals surface area contributed by atoms with Gasteiger partial charge < -0.3 is 15.1 Å². The third-order valence-electron chi connectivity index (χ3n) is 4.16. The molecule has 0 bridgehead atoms. The molecule has 0 atom stereocenters. The number of rotatable bonds is 3. The molecule has 0 radical (unpaired) electrons. The zero-order valence-electron chi connectivity index (χ0n) is 14.3. The second-order valence-electron chi connectivity index (χ2n) is 6.21. The van der Waals surface area contributed by atoms with Crippen molar-refractivity contribution in [1.82, 2.24) is 9.88 Å². The van der Waals surface area contributed by atoms with Gasteiger partial charge in [-0.2, -0.15) is 0 Å². The van der Waals surface area contributed by atoms with Crippen LogP contribution in [0.3, 0.4) is 0 Å². The van der Waals surface area contributed by atoms with Crippen molar-refractivity contribution in [3.63, 3.8) is 0 Å². The van der Waals surface area contributed by atoms with Crippen LogP contribution in [0.4, 0.5) is 35.7 Å². The smallest absolute Gasteiger partial charge is 0.321 e. The molecule has 1 aromatic heterocycles. The number of nitrogens with zero attached hydrogens (tertiary/aromatic N) is 3. The van der Waals surface area contributed by atoms with E-state index in [1.807, 2.05) is 4.90 Å². The molecule has 1 N–H and O–H groups in total. The number of carbonyl (C=O) groups is 1. The highest BCUT2D eigenvalue weighted by Gasteiger charge is 2.65. The second kappa shape index (κ2) is 6.38. The average Bonchev–Trinajstić information content (AvgIpc) is 2.61. The summed E-state index contributed by atoms with van der Waals surface area (Å²) in [6.07, 6.45) is 1.61. The fraction of sp³-hybridized carbons (Fsp3) is 0.250. The molecule has 1 fully saturated rings. The highest BCUT2D eigenvalue weighted by molar-refractivity contribution is 8.45. The first-order valence-electron chi connectivity index (χ1n) is 8.09. The SMILES string of the molecule is O=C(Nc1ccc(S(F)(F)(F)(F)F)cc1)N1CCN(c2ncccc2Cl)CC1. The van der Waals surface area contributed by atoms with E-state index in [0.29, 0.717) is 37.0 Å². The number of hydrogen-bond acceptors (Lipinski definition) is 3. The van der Waals surface area contributed by atoms with Crippen molar-refractivity contribution < 1.29 is 24.2 Å². The van der Waals surface area contributed by atoms with E-state index in [1.165, 1.54) is 4.90 Å². The summed E-state index contributed by atoms with van der Waals surface area (Å²) in [6, 6.07) is 5.00. The number of benzene rings is 1. The summed E-state index contributed by atoms with van der Waals surface area (Å²) < 4.78 is 63.6. The van der Waals surface area contributed by atoms with Gasteiger partial charge in [0.25, 0.3) is 0 Å². The third kappa shape index (κ3) is 4.76. The zero-order chi connectivity index (χ0) is 20.6. The Morgan fingerprint density at radius 2 is 1.61 bits per heavy atom. The van der Waals surface area contributed by atoms with Gasteiger partial charge in [-0.05, 0) is 36.4 Å². The number of amides is 2. The van der Waals surface area contributed by atoms with Crippen molar-refractivity contribution in [2.75, 3.05) is 36.4 Å². The maximum absolute atomic E-state index is 12.7. The molecule has 3 rings (SSSR count). The van der Waals surface area contributed by atoms with E-state index in [1.54, 1.807) is 18.3 Å². The van der Waals surface area contributed by atoms with E-state index >= 15 is 0 Å². The molecule has 12 heteroatoms. The normalized spacial score (nSPS) is 17.6. The van der Waals surface area contributed by atoms with Gasteiger partial charge in [0.1, 0.15) is 10.7 Å². The maximum Gasteiger partial charge on any atom is 0.321 e. The number of pyridine rings is 1. The summed E-state index contributed by atoms with van der Waals surface area (Å²) in [6.45, 7) is 1.60. The third-order valence-corrected chi connectivity index (χ3v) is 5.61. The Morgan fingerprint density at radius 1 is 1.00 bits per heavy atom. The van der Waals surface area contributed by atoms with Gasteiger partial charge in [0, 0.05) is 38.1 Å². The zero-order valence-corrected chi connectivity index (χ0v) is 15.9. The molecule has 5 nitrogen and oxygen atoms in total. The predicted molar refractivity (Wildman–Crippen MR) is 99.9 cm³/mol. The minimum Gasteiger partial charge on any atom is -0.352 e. The molecule has 1 saturated heterocycles. The van der Waals surface area contributed by atoms with Gasteiger partial charge in [0.2, 0.25) is 0 Å². The highest BCUT2D eigenvalue weighted by Crippen LogP contribution is 3.02. The largest absolute Gasteiger partial charge is 0.352 e. The summed E-state index contributed by atoms with van der Waals surface area (Å²) >= 11 is 6.10. The monoisotopic (exact) mass is 442 g/mol. The van der Waals surface area contributed by atoms with E-state index < -0.39 is 21.2 Å². The summed E-state index contributed by atoms with van der Waals surface area (Å²) in [5.41, 5.74) is -0.00852. The van der Waals surface area contributed by atoms with Crippen molar-refractivity contribution in [3.8, 4) is 0 Å². The van der Waals surface area contributed by atoms with Crippen LogP contribution in [-0.2, 0) is 0 Å². The lowest BCUT2D eigenvalue weighted by Gasteiger charge is -2.40. The molecule has 2 amide bonds. The number of urea groups is 1. The van der Waals surface area contributed by atoms with Crippen LogP contribution < -0.4 is 10.2 Å². The first-order chi connectivity index (χ1) is 12.8. The van der Waals surface area contributed by atoms with Crippen LogP contribution in [0.25, 0.3) is 0 Å². The van der Waals surface area contributed by atoms with Crippen LogP contribution in [0.1, 0.15) is 0 Å². The van der Waals surface area contributed by atoms with Crippen molar-refractivity contribution in [2.24, 2.45) is 0 Å². The minimum absolute atomic E-state index is 0.00852. The van der Waals surface area contributed by atoms with Crippen LogP contribution in [0.15, 0.2) is 47.5 Å². The van der Waals surface area contributed by atoms with Gasteiger partial charge in [-0.15, -0.1) is 0 Å². The van der Waals surface area contributed by atoms with Crippen molar-refractivity contribution in [1.29, 1.82) is 0 Å². The van der Waals surface area contributed by atoms with Gasteiger partial charge in [0.15, 0.2) is 0 Å². The predicted octanol–water partition coefficient (Wildman–Crippen LogP) is 5.75. The summed E-state index contributed by atoms with van der Waals surface area (Å²) in [4.78, 5) is 17.9. The van der Waals surface area contributed by atoms with Crippen LogP contribution in [0.2, 0.25) is 5.02 Å². The lowest BCUT2D eigenvalue weighted by Crippen LogP contribution is -2.50. The van der Waals surface area contributed by atoms with Gasteiger partial charge in [-0.1, -0.05) is 31.0 Å². The Labute approximate surface area is 162 Å². The van der Waals surface area contributed by atoms with E-state index in [2.05, 4.69) is 10.3 Å². The van der Waals surface area contributed by atoms with Crippen LogP contribution in [0, 0.1) is 0 Å². The van der Waals surface area contributed by atoms with E-state index in [4.69, 9.17) is 11.6 Å². The second-order valence-corrected chi connectivity index (χ2v) is 9.02. The lowest BCUT2D eigenvalue weighted by atomic mass is 10.3. The number of anilines is 2. The molecule has 1 aliphatic rings. The van der Waals surface area contributed by atoms with Gasteiger partial charge in [-0.3, -0.25) is 0 Å². The molecule has 2 heterocycles. The molecule has 0 spiro atoms. The number of piperazine rings is 1. The van der Waals surface area contributed by atoms with Crippen LogP contribution >= 0.6 is 21.8 Å². The van der Waals surface area contributed by atoms with E-state index in [0.717, 1.165) is 12.1 Å². The number of carbonyl (C=O) groups excluding carboxylic acids is 1. The standard InChI is InChI=1S/C16H16ClF5N4OS/c17-14-2-1-7-23-15(14)25-8-10-26(11-9-25)16(27)24-12-3-5-13(6-4-12)28(18,19,20,21)22/h1-7H,8-11H2,(H,24,27). The lowest BCUT2D eigenvalue weighted by molar-refractivity contribution is 0.208. The first kappa shape index (κ1) is 20.5. The Morgan fingerprint density at radius 3 is 2.14 bits per heavy atom. The average molecular weight is 443 g/mol. The van der Waals surface area contributed by atoms with Crippen LogP contribution in [-0.4, -0.2) is 42.1 Å². The molecule has 1 aromatic carbocycles. The van der Waals surface area contributed by atoms with Gasteiger partial charge >= 0.3 is 16.3 Å². The number of nitrogens with one attached hydrogen (secondary N) is 1. The van der Waals surface area contributed by atoms with Crippen molar-refractivity contribution in [3.05, 3.63) is 47.6 Å². The maximum atomic E-state index is 12.7. The molecule has 0 aliphatic carbocycles. The molecule has 2 aromatic rings. The Bertz CT molecular complexity index is 887. The summed E-state index contributed by atoms with van der Waals surface area (Å²) in [7, 11) is -9.73. The molecular formula is C16H16ClF5N4OS. The quantitative estimate of drug-likeness (QED) is 0.616. The Balaban J connectivity index is 1.60. The Kier molecular flexibility index (Phi) is 4.66. The number of hydrogen-bond donors (Lipinski definition) is 1. The summed E-state index contributed by atoms with van der Waals surface area (Å²) in [5, 5.41) is 2.90. The van der Waals surface area contributed by atoms with Crippen molar-refractivity contribution in [2.45, 2.75) is 4.90 Å². The minimum atomic E-state index is -9.73. The fourth-order valence-corrected chi connectivity index (χ4v) is 3.62. The molecule has 0 saturated carbocycles. The van der Waals surface area contributed by atoms with E-state index in [-0.39, 0.29) is 17.8 Å². The highest BCUT2D eigenvalue weighted by atomic mass is 35.5. The van der Waals surface area contributed by atoms with Crippen molar-refractivity contribution >= 4 is 39.4 Å². The molecule has 1 aliphatic heterocycles.